The number of ether oxygens (including phenoxy) is 2. The molecular weight excluding hydrogens is 324 g/mol. The maximum atomic E-state index is 12.3. The zero-order valence-corrected chi connectivity index (χ0v) is 14.8. The molecule has 2 heterocycles. The van der Waals surface area contributed by atoms with Crippen LogP contribution in [0.4, 0.5) is 5.69 Å². The van der Waals surface area contributed by atoms with Crippen LogP contribution in [0.25, 0.3) is 0 Å². The summed E-state index contributed by atoms with van der Waals surface area (Å²) < 4.78 is 11.3. The number of nitrogens with zero attached hydrogens (tertiary/aromatic N) is 1. The fourth-order valence-electron chi connectivity index (χ4n) is 2.55. The van der Waals surface area contributed by atoms with Crippen molar-refractivity contribution < 1.29 is 14.3 Å². The molecule has 1 aliphatic heterocycles. The zero-order valence-electron chi connectivity index (χ0n) is 14.0. The molecule has 0 unspecified atom stereocenters. The van der Waals surface area contributed by atoms with Gasteiger partial charge in [0.1, 0.15) is 0 Å². The van der Waals surface area contributed by atoms with Gasteiger partial charge in [-0.15, -0.1) is 11.3 Å². The molecule has 1 amide bonds. The van der Waals surface area contributed by atoms with Gasteiger partial charge in [-0.25, -0.2) is 0 Å². The van der Waals surface area contributed by atoms with Crippen LogP contribution in [0.3, 0.4) is 0 Å². The lowest BCUT2D eigenvalue weighted by Gasteiger charge is -2.23. The Bertz CT molecular complexity index is 688. The minimum atomic E-state index is -0.0459. The van der Waals surface area contributed by atoms with Gasteiger partial charge in [-0.1, -0.05) is 6.07 Å². The van der Waals surface area contributed by atoms with Crippen molar-refractivity contribution in [3.63, 3.8) is 0 Å². The van der Waals surface area contributed by atoms with Crippen molar-refractivity contribution in [3.05, 3.63) is 40.6 Å². The molecule has 1 N–H and O–H groups in total. The quantitative estimate of drug-likeness (QED) is 0.900. The Balaban J connectivity index is 1.59. The molecule has 1 atom stereocenters. The Morgan fingerprint density at radius 3 is 2.83 bits per heavy atom. The van der Waals surface area contributed by atoms with Crippen molar-refractivity contribution in [3.8, 4) is 11.5 Å². The smallest absolute Gasteiger partial charge is 0.238 e. The minimum Gasteiger partial charge on any atom is -0.490 e. The van der Waals surface area contributed by atoms with Crippen LogP contribution in [0.1, 0.15) is 24.3 Å². The van der Waals surface area contributed by atoms with E-state index in [0.717, 1.165) is 17.9 Å². The van der Waals surface area contributed by atoms with E-state index >= 15 is 0 Å². The number of fused-ring (bicyclic) bond motifs is 1. The summed E-state index contributed by atoms with van der Waals surface area (Å²) in [6, 6.07) is 9.83. The van der Waals surface area contributed by atoms with Crippen molar-refractivity contribution >= 4 is 22.9 Å². The highest BCUT2D eigenvalue weighted by Gasteiger charge is 2.17. The molecule has 6 heteroatoms. The monoisotopic (exact) mass is 346 g/mol. The van der Waals surface area contributed by atoms with Gasteiger partial charge in [0.2, 0.25) is 5.91 Å². The first-order valence-electron chi connectivity index (χ1n) is 8.06. The molecule has 2 aromatic rings. The topological polar surface area (TPSA) is 50.8 Å². The number of hydrogen-bond donors (Lipinski definition) is 1. The van der Waals surface area contributed by atoms with Gasteiger partial charge in [0, 0.05) is 29.1 Å². The first kappa shape index (κ1) is 16.8. The fraction of sp³-hybridized carbons (Fsp3) is 0.389. The number of thiophene rings is 1. The Morgan fingerprint density at radius 1 is 1.29 bits per heavy atom. The van der Waals surface area contributed by atoms with E-state index in [1.807, 2.05) is 36.2 Å². The normalized spacial score (nSPS) is 15.0. The third kappa shape index (κ3) is 4.07. The predicted octanol–water partition coefficient (Wildman–Crippen LogP) is 3.54. The van der Waals surface area contributed by atoms with Gasteiger partial charge in [0.15, 0.2) is 11.5 Å². The number of carbonyl (C=O) groups excluding carboxylic acids is 1. The molecular formula is C18H22N2O3S. The van der Waals surface area contributed by atoms with Gasteiger partial charge < -0.3 is 14.8 Å². The van der Waals surface area contributed by atoms with Crippen molar-refractivity contribution in [2.75, 3.05) is 32.1 Å². The van der Waals surface area contributed by atoms with Crippen LogP contribution in [0, 0.1) is 0 Å². The summed E-state index contributed by atoms with van der Waals surface area (Å²) in [6.07, 6.45) is 0.863. The van der Waals surface area contributed by atoms with Gasteiger partial charge in [-0.3, -0.25) is 9.69 Å². The standard InChI is InChI=1S/C18H22N2O3S/c1-13(17-5-3-10-24-17)20(2)12-18(21)19-14-6-7-15-16(11-14)23-9-4-8-22-15/h3,5-7,10-11,13H,4,8-9,12H2,1-2H3,(H,19,21)/t13-/m0/s1. The van der Waals surface area contributed by atoms with E-state index in [2.05, 4.69) is 23.7 Å². The van der Waals surface area contributed by atoms with Crippen LogP contribution in [-0.4, -0.2) is 37.6 Å². The maximum absolute atomic E-state index is 12.3. The van der Waals surface area contributed by atoms with Gasteiger partial charge in [-0.2, -0.15) is 0 Å². The number of likely N-dealkylation sites (N-methyl/N-ethyl adjacent to an activating group) is 1. The second-order valence-electron chi connectivity index (χ2n) is 5.87. The Morgan fingerprint density at radius 2 is 2.08 bits per heavy atom. The number of amides is 1. The molecule has 0 saturated carbocycles. The van der Waals surface area contributed by atoms with E-state index in [1.54, 1.807) is 11.3 Å². The number of hydrogen-bond acceptors (Lipinski definition) is 5. The average molecular weight is 346 g/mol. The largest absolute Gasteiger partial charge is 0.490 e. The summed E-state index contributed by atoms with van der Waals surface area (Å²) in [5.74, 6) is 1.37. The molecule has 5 nitrogen and oxygen atoms in total. The van der Waals surface area contributed by atoms with Gasteiger partial charge in [0.25, 0.3) is 0 Å². The number of anilines is 1. The van der Waals surface area contributed by atoms with Crippen LogP contribution in [0.2, 0.25) is 0 Å². The molecule has 1 aliphatic rings. The lowest BCUT2D eigenvalue weighted by Crippen LogP contribution is -2.31. The summed E-state index contributed by atoms with van der Waals surface area (Å²) in [5, 5.41) is 4.98. The predicted molar refractivity (Wildman–Crippen MR) is 96.0 cm³/mol. The van der Waals surface area contributed by atoms with Crippen molar-refractivity contribution in [2.45, 2.75) is 19.4 Å². The van der Waals surface area contributed by atoms with Gasteiger partial charge >= 0.3 is 0 Å². The van der Waals surface area contributed by atoms with Crippen LogP contribution >= 0.6 is 11.3 Å². The molecule has 0 fully saturated rings. The summed E-state index contributed by atoms with van der Waals surface area (Å²) in [7, 11) is 1.96. The van der Waals surface area contributed by atoms with Crippen LogP contribution < -0.4 is 14.8 Å². The van der Waals surface area contributed by atoms with E-state index in [1.165, 1.54) is 4.88 Å². The van der Waals surface area contributed by atoms with E-state index in [-0.39, 0.29) is 11.9 Å². The highest BCUT2D eigenvalue weighted by molar-refractivity contribution is 7.10. The average Bonchev–Trinajstić information content (AvgIpc) is 3.00. The molecule has 3 rings (SSSR count). The number of carbonyl (C=O) groups is 1. The molecule has 128 valence electrons. The molecule has 24 heavy (non-hydrogen) atoms. The summed E-state index contributed by atoms with van der Waals surface area (Å²) >= 11 is 1.70. The third-order valence-electron chi connectivity index (χ3n) is 4.04. The van der Waals surface area contributed by atoms with Gasteiger partial charge in [-0.05, 0) is 37.6 Å². The SMILES string of the molecule is C[C@@H](c1cccs1)N(C)CC(=O)Nc1ccc2c(c1)OCCCO2. The van der Waals surface area contributed by atoms with E-state index < -0.39 is 0 Å². The maximum Gasteiger partial charge on any atom is 0.238 e. The second-order valence-corrected chi connectivity index (χ2v) is 6.85. The van der Waals surface area contributed by atoms with E-state index in [0.29, 0.717) is 25.5 Å². The highest BCUT2D eigenvalue weighted by atomic mass is 32.1. The zero-order chi connectivity index (χ0) is 16.9. The second kappa shape index (κ2) is 7.68. The first-order chi connectivity index (χ1) is 11.6. The number of rotatable bonds is 5. The fourth-order valence-corrected chi connectivity index (χ4v) is 3.40. The minimum absolute atomic E-state index is 0.0459. The van der Waals surface area contributed by atoms with Crippen LogP contribution in [0.5, 0.6) is 11.5 Å². The van der Waals surface area contributed by atoms with Crippen molar-refractivity contribution in [2.24, 2.45) is 0 Å². The Hall–Kier alpha value is -2.05. The van der Waals surface area contributed by atoms with Crippen LogP contribution in [0.15, 0.2) is 35.7 Å². The first-order valence-corrected chi connectivity index (χ1v) is 8.94. The third-order valence-corrected chi connectivity index (χ3v) is 5.08. The number of benzene rings is 1. The highest BCUT2D eigenvalue weighted by Crippen LogP contribution is 2.32. The molecule has 0 bridgehead atoms. The van der Waals surface area contributed by atoms with Crippen molar-refractivity contribution in [1.29, 1.82) is 0 Å². The summed E-state index contributed by atoms with van der Waals surface area (Å²) in [4.78, 5) is 15.6. The Kier molecular flexibility index (Phi) is 5.37. The molecule has 0 aliphatic carbocycles. The molecule has 1 aromatic carbocycles. The molecule has 0 saturated heterocycles. The lowest BCUT2D eigenvalue weighted by atomic mass is 10.2. The molecule has 1 aromatic heterocycles. The lowest BCUT2D eigenvalue weighted by molar-refractivity contribution is -0.117. The molecule has 0 spiro atoms. The van der Waals surface area contributed by atoms with Crippen LogP contribution in [-0.2, 0) is 4.79 Å². The van der Waals surface area contributed by atoms with Gasteiger partial charge in [0.05, 0.1) is 19.8 Å². The Labute approximate surface area is 146 Å². The summed E-state index contributed by atoms with van der Waals surface area (Å²) in [6.45, 7) is 3.72. The van der Waals surface area contributed by atoms with Crippen molar-refractivity contribution in [1.82, 2.24) is 4.90 Å². The summed E-state index contributed by atoms with van der Waals surface area (Å²) in [5.41, 5.74) is 0.724. The molecule has 0 radical (unpaired) electrons. The number of nitrogens with one attached hydrogen (secondary N) is 1. The van der Waals surface area contributed by atoms with E-state index in [9.17, 15) is 4.79 Å². The van der Waals surface area contributed by atoms with E-state index in [4.69, 9.17) is 9.47 Å².